The third kappa shape index (κ3) is 4.58. The van der Waals surface area contributed by atoms with Gasteiger partial charge in [0, 0.05) is 25.6 Å². The van der Waals surface area contributed by atoms with E-state index in [0.29, 0.717) is 18.2 Å². The summed E-state index contributed by atoms with van der Waals surface area (Å²) in [6.45, 7) is 4.42. The minimum Gasteiger partial charge on any atom is -0.497 e. The van der Waals surface area contributed by atoms with E-state index in [-0.39, 0.29) is 18.3 Å². The highest BCUT2D eigenvalue weighted by molar-refractivity contribution is 5.85. The summed E-state index contributed by atoms with van der Waals surface area (Å²) in [5.41, 5.74) is 0. The molecular weight excluding hydrogens is 280 g/mol. The summed E-state index contributed by atoms with van der Waals surface area (Å²) in [5.74, 6) is 1.90. The minimum atomic E-state index is -0.499. The quantitative estimate of drug-likeness (QED) is 0.829. The molecule has 1 fully saturated rings. The molecule has 1 aliphatic rings. The number of rotatable bonds is 6. The van der Waals surface area contributed by atoms with Crippen LogP contribution < -0.4 is 20.1 Å². The molecule has 1 unspecified atom stereocenters. The summed E-state index contributed by atoms with van der Waals surface area (Å²) in [7, 11) is 1.61. The second-order valence-electron chi connectivity index (χ2n) is 4.71. The summed E-state index contributed by atoms with van der Waals surface area (Å²) in [6, 6.07) is 7.19. The predicted octanol–water partition coefficient (Wildman–Crippen LogP) is 1.22. The van der Waals surface area contributed by atoms with E-state index in [4.69, 9.17) is 9.47 Å². The van der Waals surface area contributed by atoms with Crippen molar-refractivity contribution in [2.45, 2.75) is 13.0 Å². The normalized spacial score (nSPS) is 15.5. The fraction of sp³-hybridized carbons (Fsp3) is 0.500. The molecule has 20 heavy (non-hydrogen) atoms. The number of nitrogens with one attached hydrogen (secondary N) is 2. The van der Waals surface area contributed by atoms with Crippen molar-refractivity contribution in [1.82, 2.24) is 10.6 Å². The second-order valence-corrected chi connectivity index (χ2v) is 4.71. The zero-order valence-electron chi connectivity index (χ0n) is 11.7. The predicted molar refractivity (Wildman–Crippen MR) is 79.7 cm³/mol. The first-order valence-corrected chi connectivity index (χ1v) is 6.48. The molecule has 1 amide bonds. The van der Waals surface area contributed by atoms with Crippen molar-refractivity contribution in [2.24, 2.45) is 5.92 Å². The van der Waals surface area contributed by atoms with Crippen LogP contribution in [0.15, 0.2) is 24.3 Å². The van der Waals surface area contributed by atoms with Crippen molar-refractivity contribution in [2.75, 3.05) is 26.7 Å². The van der Waals surface area contributed by atoms with Gasteiger partial charge in [0.1, 0.15) is 11.5 Å². The lowest BCUT2D eigenvalue weighted by Gasteiger charge is -2.27. The van der Waals surface area contributed by atoms with Gasteiger partial charge in [-0.2, -0.15) is 0 Å². The number of ether oxygens (including phenoxy) is 2. The van der Waals surface area contributed by atoms with E-state index in [1.807, 2.05) is 0 Å². The van der Waals surface area contributed by atoms with Crippen molar-refractivity contribution in [3.8, 4) is 11.5 Å². The first kappa shape index (κ1) is 16.6. The van der Waals surface area contributed by atoms with E-state index in [1.165, 1.54) is 0 Å². The lowest BCUT2D eigenvalue weighted by atomic mass is 10.0. The summed E-state index contributed by atoms with van der Waals surface area (Å²) in [5, 5.41) is 6.07. The van der Waals surface area contributed by atoms with E-state index in [2.05, 4.69) is 10.6 Å². The lowest BCUT2D eigenvalue weighted by Crippen LogP contribution is -2.49. The third-order valence-corrected chi connectivity index (χ3v) is 3.17. The Morgan fingerprint density at radius 1 is 1.35 bits per heavy atom. The van der Waals surface area contributed by atoms with Gasteiger partial charge >= 0.3 is 0 Å². The van der Waals surface area contributed by atoms with Crippen LogP contribution in [0.1, 0.15) is 6.92 Å². The van der Waals surface area contributed by atoms with Crippen LogP contribution in [0.2, 0.25) is 0 Å². The molecule has 0 bridgehead atoms. The molecular formula is C14H21ClN2O3. The molecule has 1 aromatic rings. The van der Waals surface area contributed by atoms with Gasteiger partial charge in [0.25, 0.3) is 5.91 Å². The van der Waals surface area contributed by atoms with E-state index in [9.17, 15) is 4.79 Å². The number of methoxy groups -OCH3 is 1. The number of carbonyl (C=O) groups is 1. The number of hydrogen-bond donors (Lipinski definition) is 2. The highest BCUT2D eigenvalue weighted by Gasteiger charge is 2.20. The molecule has 112 valence electrons. The van der Waals surface area contributed by atoms with Crippen LogP contribution in [0.25, 0.3) is 0 Å². The van der Waals surface area contributed by atoms with Gasteiger partial charge in [-0.25, -0.2) is 0 Å². The standard InChI is InChI=1S/C14H20N2O3.ClH/c1-10(14(17)16-9-11-7-15-8-11)19-13-5-3-12(18-2)4-6-13;/h3-6,10-11,15H,7-9H2,1-2H3,(H,16,17);1H. The Kier molecular flexibility index (Phi) is 6.61. The number of benzene rings is 1. The molecule has 2 N–H and O–H groups in total. The Hall–Kier alpha value is -1.46. The SMILES string of the molecule is COc1ccc(OC(C)C(=O)NCC2CNC2)cc1.Cl. The smallest absolute Gasteiger partial charge is 0.260 e. The lowest BCUT2D eigenvalue weighted by molar-refractivity contribution is -0.127. The summed E-state index contributed by atoms with van der Waals surface area (Å²) in [6.07, 6.45) is -0.499. The molecule has 1 atom stereocenters. The zero-order chi connectivity index (χ0) is 13.7. The average molecular weight is 301 g/mol. The zero-order valence-corrected chi connectivity index (χ0v) is 12.5. The van der Waals surface area contributed by atoms with Gasteiger partial charge in [-0.3, -0.25) is 4.79 Å². The minimum absolute atomic E-state index is 0. The van der Waals surface area contributed by atoms with E-state index < -0.39 is 6.10 Å². The Balaban J connectivity index is 0.00000200. The molecule has 1 aromatic carbocycles. The van der Waals surface area contributed by atoms with Crippen molar-refractivity contribution in [3.05, 3.63) is 24.3 Å². The number of amides is 1. The topological polar surface area (TPSA) is 59.6 Å². The fourth-order valence-corrected chi connectivity index (χ4v) is 1.79. The first-order valence-electron chi connectivity index (χ1n) is 6.48. The summed E-state index contributed by atoms with van der Waals surface area (Å²) < 4.78 is 10.6. The highest BCUT2D eigenvalue weighted by Crippen LogP contribution is 2.18. The van der Waals surface area contributed by atoms with Crippen LogP contribution in [0.5, 0.6) is 11.5 Å². The largest absolute Gasteiger partial charge is 0.497 e. The van der Waals surface area contributed by atoms with Crippen LogP contribution in [0.3, 0.4) is 0 Å². The van der Waals surface area contributed by atoms with Gasteiger partial charge in [0.05, 0.1) is 7.11 Å². The van der Waals surface area contributed by atoms with Crippen LogP contribution >= 0.6 is 12.4 Å². The fourth-order valence-electron chi connectivity index (χ4n) is 1.79. The maximum Gasteiger partial charge on any atom is 0.260 e. The van der Waals surface area contributed by atoms with Crippen LogP contribution in [0.4, 0.5) is 0 Å². The van der Waals surface area contributed by atoms with Crippen LogP contribution in [-0.2, 0) is 4.79 Å². The van der Waals surface area contributed by atoms with Crippen LogP contribution in [0, 0.1) is 5.92 Å². The molecule has 1 heterocycles. The third-order valence-electron chi connectivity index (χ3n) is 3.17. The molecule has 2 rings (SSSR count). The van der Waals surface area contributed by atoms with Crippen molar-refractivity contribution >= 4 is 18.3 Å². The van der Waals surface area contributed by atoms with E-state index >= 15 is 0 Å². The van der Waals surface area contributed by atoms with Gasteiger partial charge in [-0.05, 0) is 31.2 Å². The maximum atomic E-state index is 11.8. The van der Waals surface area contributed by atoms with Gasteiger partial charge in [0.2, 0.25) is 0 Å². The molecule has 1 saturated heterocycles. The van der Waals surface area contributed by atoms with Crippen molar-refractivity contribution < 1.29 is 14.3 Å². The van der Waals surface area contributed by atoms with E-state index in [1.54, 1.807) is 38.3 Å². The van der Waals surface area contributed by atoms with E-state index in [0.717, 1.165) is 18.8 Å². The van der Waals surface area contributed by atoms with Gasteiger partial charge in [0.15, 0.2) is 6.10 Å². The molecule has 0 aromatic heterocycles. The van der Waals surface area contributed by atoms with Gasteiger partial charge < -0.3 is 20.1 Å². The molecule has 0 aliphatic carbocycles. The van der Waals surface area contributed by atoms with Gasteiger partial charge in [-0.1, -0.05) is 0 Å². The molecule has 0 spiro atoms. The Labute approximate surface area is 125 Å². The first-order chi connectivity index (χ1) is 9.19. The number of carbonyl (C=O) groups excluding carboxylic acids is 1. The molecule has 0 saturated carbocycles. The monoisotopic (exact) mass is 300 g/mol. The Morgan fingerprint density at radius 3 is 2.45 bits per heavy atom. The number of hydrogen-bond acceptors (Lipinski definition) is 4. The average Bonchev–Trinajstić information content (AvgIpc) is 2.37. The van der Waals surface area contributed by atoms with Crippen molar-refractivity contribution in [3.63, 3.8) is 0 Å². The Bertz CT molecular complexity index is 421. The Morgan fingerprint density at radius 2 is 1.95 bits per heavy atom. The van der Waals surface area contributed by atoms with Crippen LogP contribution in [-0.4, -0.2) is 38.8 Å². The second kappa shape index (κ2) is 7.97. The van der Waals surface area contributed by atoms with Gasteiger partial charge in [-0.15, -0.1) is 12.4 Å². The number of halogens is 1. The molecule has 1 aliphatic heterocycles. The molecule has 5 nitrogen and oxygen atoms in total. The highest BCUT2D eigenvalue weighted by atomic mass is 35.5. The van der Waals surface area contributed by atoms with Crippen molar-refractivity contribution in [1.29, 1.82) is 0 Å². The summed E-state index contributed by atoms with van der Waals surface area (Å²) in [4.78, 5) is 11.8. The summed E-state index contributed by atoms with van der Waals surface area (Å²) >= 11 is 0. The molecule has 0 radical (unpaired) electrons. The maximum absolute atomic E-state index is 11.8. The molecule has 6 heteroatoms.